The van der Waals surface area contributed by atoms with E-state index in [0.29, 0.717) is 5.75 Å². The predicted octanol–water partition coefficient (Wildman–Crippen LogP) is 4.58. The molecule has 0 amide bonds. The Kier molecular flexibility index (Phi) is 4.06. The highest BCUT2D eigenvalue weighted by atomic mass is 16.3. The SMILES string of the molecule is CN1Cc2c(ccc(-c3cncnc3)c2O)C(c2ccc3ccccc3c2)C1. The Morgan fingerprint density at radius 2 is 1.75 bits per heavy atom. The fourth-order valence-corrected chi connectivity index (χ4v) is 4.27. The fourth-order valence-electron chi connectivity index (χ4n) is 4.27. The van der Waals surface area contributed by atoms with E-state index in [4.69, 9.17) is 0 Å². The molecule has 0 saturated heterocycles. The summed E-state index contributed by atoms with van der Waals surface area (Å²) in [6, 6.07) is 19.3. The zero-order valence-electron chi connectivity index (χ0n) is 15.7. The summed E-state index contributed by atoms with van der Waals surface area (Å²) >= 11 is 0. The van der Waals surface area contributed by atoms with Gasteiger partial charge in [0.05, 0.1) is 0 Å². The van der Waals surface area contributed by atoms with Crippen LogP contribution in [0, 0.1) is 0 Å². The summed E-state index contributed by atoms with van der Waals surface area (Å²) in [5.41, 5.74) is 5.09. The maximum Gasteiger partial charge on any atom is 0.128 e. The predicted molar refractivity (Wildman–Crippen MR) is 111 cm³/mol. The highest BCUT2D eigenvalue weighted by Gasteiger charge is 2.28. The standard InChI is InChI=1S/C24H21N3O/c1-27-13-22(18-7-6-16-4-2-3-5-17(16)10-18)21-9-8-20(24(28)23(21)14-27)19-11-25-15-26-12-19/h2-12,15,22,28H,13-14H2,1H3. The van der Waals surface area contributed by atoms with Gasteiger partial charge in [-0.05, 0) is 28.9 Å². The molecule has 1 N–H and O–H groups in total. The minimum Gasteiger partial charge on any atom is -0.507 e. The molecule has 138 valence electrons. The van der Waals surface area contributed by atoms with Gasteiger partial charge in [0.15, 0.2) is 0 Å². The Bertz CT molecular complexity index is 1160. The van der Waals surface area contributed by atoms with Crippen LogP contribution in [0.2, 0.25) is 0 Å². The number of aromatic nitrogens is 2. The molecule has 0 radical (unpaired) electrons. The van der Waals surface area contributed by atoms with Gasteiger partial charge < -0.3 is 10.0 Å². The van der Waals surface area contributed by atoms with Crippen molar-refractivity contribution in [2.75, 3.05) is 13.6 Å². The molecular weight excluding hydrogens is 346 g/mol. The summed E-state index contributed by atoms with van der Waals surface area (Å²) in [7, 11) is 2.11. The summed E-state index contributed by atoms with van der Waals surface area (Å²) in [4.78, 5) is 10.4. The van der Waals surface area contributed by atoms with Gasteiger partial charge in [0.2, 0.25) is 0 Å². The largest absolute Gasteiger partial charge is 0.507 e. The Hall–Kier alpha value is -3.24. The first-order valence-electron chi connectivity index (χ1n) is 9.48. The second-order valence-corrected chi connectivity index (χ2v) is 7.51. The Morgan fingerprint density at radius 1 is 0.964 bits per heavy atom. The van der Waals surface area contributed by atoms with Crippen LogP contribution in [-0.4, -0.2) is 33.6 Å². The molecule has 0 saturated carbocycles. The van der Waals surface area contributed by atoms with Gasteiger partial charge in [-0.3, -0.25) is 0 Å². The Balaban J connectivity index is 1.63. The van der Waals surface area contributed by atoms with Gasteiger partial charge >= 0.3 is 0 Å². The maximum atomic E-state index is 11.1. The van der Waals surface area contributed by atoms with E-state index in [1.165, 1.54) is 28.2 Å². The third-order valence-electron chi connectivity index (χ3n) is 5.66. The monoisotopic (exact) mass is 367 g/mol. The third kappa shape index (κ3) is 2.83. The summed E-state index contributed by atoms with van der Waals surface area (Å²) in [6.07, 6.45) is 4.98. The van der Waals surface area contributed by atoms with E-state index >= 15 is 0 Å². The summed E-state index contributed by atoms with van der Waals surface area (Å²) in [5, 5.41) is 13.6. The van der Waals surface area contributed by atoms with Gasteiger partial charge in [-0.15, -0.1) is 0 Å². The highest BCUT2D eigenvalue weighted by molar-refractivity contribution is 5.83. The number of phenolic OH excluding ortho intramolecular Hbond substituents is 1. The molecule has 1 aliphatic rings. The molecule has 0 spiro atoms. The van der Waals surface area contributed by atoms with Crippen LogP contribution in [0.3, 0.4) is 0 Å². The Labute approximate surface area is 164 Å². The van der Waals surface area contributed by atoms with Crippen molar-refractivity contribution in [2.24, 2.45) is 0 Å². The molecule has 1 aliphatic heterocycles. The van der Waals surface area contributed by atoms with Crippen molar-refractivity contribution in [3.05, 3.63) is 90.0 Å². The quantitative estimate of drug-likeness (QED) is 0.563. The van der Waals surface area contributed by atoms with Gasteiger partial charge in [0, 0.05) is 48.1 Å². The van der Waals surface area contributed by atoms with E-state index in [0.717, 1.165) is 29.8 Å². The molecule has 28 heavy (non-hydrogen) atoms. The lowest BCUT2D eigenvalue weighted by Gasteiger charge is -2.33. The first-order chi connectivity index (χ1) is 13.7. The van der Waals surface area contributed by atoms with Crippen molar-refractivity contribution in [3.8, 4) is 16.9 Å². The van der Waals surface area contributed by atoms with Crippen LogP contribution in [0.15, 0.2) is 73.3 Å². The summed E-state index contributed by atoms with van der Waals surface area (Å²) in [5.74, 6) is 0.565. The number of hydrogen-bond acceptors (Lipinski definition) is 4. The summed E-state index contributed by atoms with van der Waals surface area (Å²) in [6.45, 7) is 1.66. The normalized spacial score (nSPS) is 16.8. The molecule has 1 unspecified atom stereocenters. The van der Waals surface area contributed by atoms with Crippen molar-refractivity contribution < 1.29 is 5.11 Å². The van der Waals surface area contributed by atoms with Crippen molar-refractivity contribution in [3.63, 3.8) is 0 Å². The fraction of sp³-hybridized carbons (Fsp3) is 0.167. The molecule has 0 aliphatic carbocycles. The topological polar surface area (TPSA) is 49.2 Å². The minimum absolute atomic E-state index is 0.227. The zero-order chi connectivity index (χ0) is 19.1. The number of aromatic hydroxyl groups is 1. The molecular formula is C24H21N3O. The maximum absolute atomic E-state index is 11.1. The lowest BCUT2D eigenvalue weighted by Crippen LogP contribution is -2.31. The van der Waals surface area contributed by atoms with E-state index in [1.807, 2.05) is 6.07 Å². The zero-order valence-corrected chi connectivity index (χ0v) is 15.7. The first kappa shape index (κ1) is 16.9. The molecule has 2 heterocycles. The second kappa shape index (κ2) is 6.73. The van der Waals surface area contributed by atoms with Crippen molar-refractivity contribution in [2.45, 2.75) is 12.5 Å². The summed E-state index contributed by atoms with van der Waals surface area (Å²) < 4.78 is 0. The van der Waals surface area contributed by atoms with Crippen LogP contribution in [0.25, 0.3) is 21.9 Å². The number of fused-ring (bicyclic) bond motifs is 2. The minimum atomic E-state index is 0.227. The number of likely N-dealkylation sites (N-methyl/N-ethyl adjacent to an activating group) is 1. The van der Waals surface area contributed by atoms with Gasteiger partial charge in [-0.25, -0.2) is 9.97 Å². The lowest BCUT2D eigenvalue weighted by molar-refractivity contribution is 0.288. The van der Waals surface area contributed by atoms with Crippen LogP contribution >= 0.6 is 0 Å². The van der Waals surface area contributed by atoms with E-state index in [2.05, 4.69) is 70.4 Å². The van der Waals surface area contributed by atoms with Crippen molar-refractivity contribution >= 4 is 10.8 Å². The average molecular weight is 367 g/mol. The molecule has 3 aromatic carbocycles. The van der Waals surface area contributed by atoms with E-state index in [-0.39, 0.29) is 5.92 Å². The molecule has 4 heteroatoms. The van der Waals surface area contributed by atoms with E-state index < -0.39 is 0 Å². The molecule has 4 nitrogen and oxygen atoms in total. The van der Waals surface area contributed by atoms with Crippen molar-refractivity contribution in [1.29, 1.82) is 0 Å². The second-order valence-electron chi connectivity index (χ2n) is 7.51. The molecule has 4 aromatic rings. The first-order valence-corrected chi connectivity index (χ1v) is 9.48. The number of phenols is 1. The van der Waals surface area contributed by atoms with Gasteiger partial charge in [0.1, 0.15) is 12.1 Å². The lowest BCUT2D eigenvalue weighted by atomic mass is 9.82. The highest BCUT2D eigenvalue weighted by Crippen LogP contribution is 2.42. The van der Waals surface area contributed by atoms with Crippen LogP contribution < -0.4 is 0 Å². The van der Waals surface area contributed by atoms with Crippen LogP contribution in [0.5, 0.6) is 5.75 Å². The average Bonchev–Trinajstić information content (AvgIpc) is 2.74. The van der Waals surface area contributed by atoms with Crippen LogP contribution in [-0.2, 0) is 6.54 Å². The molecule has 0 fully saturated rings. The number of benzene rings is 3. The number of nitrogens with zero attached hydrogens (tertiary/aromatic N) is 3. The Morgan fingerprint density at radius 3 is 2.57 bits per heavy atom. The van der Waals surface area contributed by atoms with Crippen molar-refractivity contribution in [1.82, 2.24) is 14.9 Å². The van der Waals surface area contributed by atoms with Crippen LogP contribution in [0.4, 0.5) is 0 Å². The smallest absolute Gasteiger partial charge is 0.128 e. The molecule has 1 atom stereocenters. The van der Waals surface area contributed by atoms with E-state index in [1.54, 1.807) is 12.4 Å². The molecule has 5 rings (SSSR count). The van der Waals surface area contributed by atoms with Gasteiger partial charge in [-0.2, -0.15) is 0 Å². The number of rotatable bonds is 2. The van der Waals surface area contributed by atoms with Crippen LogP contribution in [0.1, 0.15) is 22.6 Å². The van der Waals surface area contributed by atoms with Gasteiger partial charge in [0.25, 0.3) is 0 Å². The molecule has 1 aromatic heterocycles. The van der Waals surface area contributed by atoms with Gasteiger partial charge in [-0.1, -0.05) is 54.6 Å². The molecule has 0 bridgehead atoms. The van der Waals surface area contributed by atoms with E-state index in [9.17, 15) is 5.11 Å². The third-order valence-corrected chi connectivity index (χ3v) is 5.66. The number of hydrogen-bond donors (Lipinski definition) is 1.